The fourth-order valence-corrected chi connectivity index (χ4v) is 8.13. The quantitative estimate of drug-likeness (QED) is 0.218. The Hall–Kier alpha value is -4.24. The summed E-state index contributed by atoms with van der Waals surface area (Å²) in [5.74, 6) is 0. The summed E-state index contributed by atoms with van der Waals surface area (Å²) in [4.78, 5) is 0. The van der Waals surface area contributed by atoms with Gasteiger partial charge in [0, 0.05) is 40.3 Å². The molecule has 0 nitrogen and oxygen atoms in total. The van der Waals surface area contributed by atoms with Gasteiger partial charge in [-0.05, 0) is 51.6 Å². The Morgan fingerprint density at radius 1 is 0.316 bits per heavy atom. The van der Waals surface area contributed by atoms with Crippen LogP contribution in [-0.4, -0.2) is 0 Å². The van der Waals surface area contributed by atoms with Gasteiger partial charge in [0.1, 0.15) is 0 Å². The summed E-state index contributed by atoms with van der Waals surface area (Å²) in [6.07, 6.45) is 0. The van der Waals surface area contributed by atoms with E-state index in [9.17, 15) is 0 Å². The lowest BCUT2D eigenvalue weighted by Gasteiger charge is -2.09. The Morgan fingerprint density at radius 3 is 1.42 bits per heavy atom. The van der Waals surface area contributed by atoms with Gasteiger partial charge in [-0.3, -0.25) is 0 Å². The summed E-state index contributed by atoms with van der Waals surface area (Å²) in [7, 11) is 0. The van der Waals surface area contributed by atoms with E-state index in [4.69, 9.17) is 0 Å². The van der Waals surface area contributed by atoms with Gasteiger partial charge in [-0.25, -0.2) is 0 Å². The molecule has 0 saturated carbocycles. The minimum Gasteiger partial charge on any atom is -0.135 e. The van der Waals surface area contributed by atoms with Crippen LogP contribution in [0.1, 0.15) is 0 Å². The average Bonchev–Trinajstić information content (AvgIpc) is 3.56. The third-order valence-corrected chi connectivity index (χ3v) is 9.95. The maximum atomic E-state index is 2.33. The molecular formula is C36H22S2. The Bertz CT molecular complexity index is 2120. The van der Waals surface area contributed by atoms with Crippen molar-refractivity contribution in [3.05, 3.63) is 133 Å². The monoisotopic (exact) mass is 518 g/mol. The van der Waals surface area contributed by atoms with Gasteiger partial charge in [-0.15, -0.1) is 22.7 Å². The van der Waals surface area contributed by atoms with E-state index in [-0.39, 0.29) is 0 Å². The predicted molar refractivity (Wildman–Crippen MR) is 169 cm³/mol. The molecule has 0 aliphatic rings. The molecule has 0 fully saturated rings. The van der Waals surface area contributed by atoms with E-state index in [0.717, 1.165) is 0 Å². The highest BCUT2D eigenvalue weighted by atomic mass is 32.1. The van der Waals surface area contributed by atoms with Crippen LogP contribution in [-0.2, 0) is 0 Å². The SMILES string of the molecule is c1cc(-c2ccc(-c3cccc4c3sc3ccccc34)cc2)cc(-c2cccc3c2sc2ccccc23)c1. The number of thiophene rings is 2. The summed E-state index contributed by atoms with van der Waals surface area (Å²) < 4.78 is 5.41. The minimum atomic E-state index is 1.24. The molecule has 2 heteroatoms. The van der Waals surface area contributed by atoms with Crippen molar-refractivity contribution in [3.8, 4) is 33.4 Å². The van der Waals surface area contributed by atoms with E-state index < -0.39 is 0 Å². The van der Waals surface area contributed by atoms with Crippen LogP contribution in [0.2, 0.25) is 0 Å². The molecule has 0 bridgehead atoms. The van der Waals surface area contributed by atoms with Gasteiger partial charge >= 0.3 is 0 Å². The topological polar surface area (TPSA) is 0 Å². The van der Waals surface area contributed by atoms with Gasteiger partial charge in [-0.2, -0.15) is 0 Å². The second-order valence-corrected chi connectivity index (χ2v) is 11.8. The van der Waals surface area contributed by atoms with Crippen molar-refractivity contribution >= 4 is 63.0 Å². The molecule has 0 spiro atoms. The van der Waals surface area contributed by atoms with Crippen molar-refractivity contribution in [2.45, 2.75) is 0 Å². The van der Waals surface area contributed by atoms with E-state index in [1.807, 2.05) is 22.7 Å². The largest absolute Gasteiger partial charge is 0.135 e. The smallest absolute Gasteiger partial charge is 0.0433 e. The van der Waals surface area contributed by atoms with Crippen LogP contribution < -0.4 is 0 Å². The summed E-state index contributed by atoms with van der Waals surface area (Å²) in [6.45, 7) is 0. The first-order valence-corrected chi connectivity index (χ1v) is 14.5. The Morgan fingerprint density at radius 2 is 0.789 bits per heavy atom. The van der Waals surface area contributed by atoms with Crippen LogP contribution in [0.15, 0.2) is 133 Å². The first-order chi connectivity index (χ1) is 18.8. The van der Waals surface area contributed by atoms with E-state index in [0.29, 0.717) is 0 Å². The molecule has 0 amide bonds. The maximum Gasteiger partial charge on any atom is 0.0433 e. The van der Waals surface area contributed by atoms with Gasteiger partial charge in [-0.1, -0.05) is 115 Å². The molecule has 0 aliphatic heterocycles. The fourth-order valence-electron chi connectivity index (χ4n) is 5.66. The number of hydrogen-bond donors (Lipinski definition) is 0. The normalized spacial score (nSPS) is 11.7. The molecule has 0 saturated heterocycles. The van der Waals surface area contributed by atoms with Crippen molar-refractivity contribution in [2.24, 2.45) is 0 Å². The molecule has 0 radical (unpaired) electrons. The van der Waals surface area contributed by atoms with Crippen molar-refractivity contribution in [1.82, 2.24) is 0 Å². The number of fused-ring (bicyclic) bond motifs is 6. The Kier molecular flexibility index (Phi) is 4.97. The lowest BCUT2D eigenvalue weighted by Crippen LogP contribution is -1.83. The molecule has 0 aliphatic carbocycles. The molecule has 0 N–H and O–H groups in total. The highest BCUT2D eigenvalue weighted by Gasteiger charge is 2.12. The fraction of sp³-hybridized carbons (Fsp3) is 0. The maximum absolute atomic E-state index is 2.33. The molecule has 8 aromatic rings. The first-order valence-electron chi connectivity index (χ1n) is 12.9. The third-order valence-electron chi connectivity index (χ3n) is 7.51. The molecule has 2 aromatic heterocycles. The van der Waals surface area contributed by atoms with Gasteiger partial charge in [0.05, 0.1) is 0 Å². The van der Waals surface area contributed by atoms with Crippen LogP contribution in [0, 0.1) is 0 Å². The lowest BCUT2D eigenvalue weighted by molar-refractivity contribution is 1.60. The van der Waals surface area contributed by atoms with E-state index in [2.05, 4.69) is 133 Å². The number of hydrogen-bond acceptors (Lipinski definition) is 2. The van der Waals surface area contributed by atoms with Gasteiger partial charge < -0.3 is 0 Å². The van der Waals surface area contributed by atoms with Crippen LogP contribution in [0.4, 0.5) is 0 Å². The van der Waals surface area contributed by atoms with Crippen molar-refractivity contribution in [1.29, 1.82) is 0 Å². The average molecular weight is 519 g/mol. The summed E-state index contributed by atoms with van der Waals surface area (Å²) >= 11 is 3.77. The minimum absolute atomic E-state index is 1.24. The summed E-state index contributed by atoms with van der Waals surface area (Å²) in [5.41, 5.74) is 7.62. The van der Waals surface area contributed by atoms with Crippen LogP contribution in [0.25, 0.3) is 73.7 Å². The Labute approximate surface area is 229 Å². The second kappa shape index (κ2) is 8.66. The molecule has 38 heavy (non-hydrogen) atoms. The Balaban J connectivity index is 1.20. The molecule has 2 heterocycles. The molecule has 178 valence electrons. The van der Waals surface area contributed by atoms with Gasteiger partial charge in [0.2, 0.25) is 0 Å². The lowest BCUT2D eigenvalue weighted by atomic mass is 9.96. The summed E-state index contributed by atoms with van der Waals surface area (Å²) in [6, 6.07) is 48.8. The molecule has 6 aromatic carbocycles. The van der Waals surface area contributed by atoms with Crippen molar-refractivity contribution in [3.63, 3.8) is 0 Å². The zero-order chi connectivity index (χ0) is 25.1. The molecular weight excluding hydrogens is 497 g/mol. The molecule has 0 unspecified atom stereocenters. The number of benzene rings is 6. The van der Waals surface area contributed by atoms with E-state index >= 15 is 0 Å². The van der Waals surface area contributed by atoms with Crippen LogP contribution in [0.3, 0.4) is 0 Å². The zero-order valence-electron chi connectivity index (χ0n) is 20.5. The second-order valence-electron chi connectivity index (χ2n) is 9.72. The van der Waals surface area contributed by atoms with Crippen LogP contribution >= 0.6 is 22.7 Å². The van der Waals surface area contributed by atoms with Crippen molar-refractivity contribution < 1.29 is 0 Å². The van der Waals surface area contributed by atoms with Crippen LogP contribution in [0.5, 0.6) is 0 Å². The molecule has 0 atom stereocenters. The van der Waals surface area contributed by atoms with E-state index in [1.54, 1.807) is 0 Å². The van der Waals surface area contributed by atoms with Crippen molar-refractivity contribution in [2.75, 3.05) is 0 Å². The standard InChI is InChI=1S/C36H22S2/c1-3-16-33-29(10-1)31-14-6-12-27(35(31)37-33)24-20-18-23(19-21-24)25-8-5-9-26(22-25)28-13-7-15-32-30-11-2-4-17-34(30)38-36(28)32/h1-22H. The number of rotatable bonds is 3. The highest BCUT2D eigenvalue weighted by Crippen LogP contribution is 2.42. The molecule has 8 rings (SSSR count). The highest BCUT2D eigenvalue weighted by molar-refractivity contribution is 7.26. The van der Waals surface area contributed by atoms with Gasteiger partial charge in [0.25, 0.3) is 0 Å². The zero-order valence-corrected chi connectivity index (χ0v) is 22.2. The van der Waals surface area contributed by atoms with Gasteiger partial charge in [0.15, 0.2) is 0 Å². The summed E-state index contributed by atoms with van der Waals surface area (Å²) in [5, 5.41) is 5.37. The third kappa shape index (κ3) is 3.42. The first kappa shape index (κ1) is 21.8. The predicted octanol–water partition coefficient (Wildman–Crippen LogP) is 11.4. The van der Waals surface area contributed by atoms with E-state index in [1.165, 1.54) is 73.7 Å².